The summed E-state index contributed by atoms with van der Waals surface area (Å²) in [7, 11) is 0. The lowest BCUT2D eigenvalue weighted by Crippen LogP contribution is -2.39. The number of ether oxygens (including phenoxy) is 1. The fourth-order valence-corrected chi connectivity index (χ4v) is 2.18. The van der Waals surface area contributed by atoms with Crippen LogP contribution in [-0.4, -0.2) is 60.8 Å². The number of nitrogens with one attached hydrogen (secondary N) is 2. The van der Waals surface area contributed by atoms with Crippen molar-refractivity contribution in [3.8, 4) is 0 Å². The summed E-state index contributed by atoms with van der Waals surface area (Å²) < 4.78 is 5.35. The van der Waals surface area contributed by atoms with Gasteiger partial charge in [0, 0.05) is 45.2 Å². The Hall–Kier alpha value is -1.40. The normalized spacial score (nSPS) is 16.1. The second kappa shape index (κ2) is 8.01. The minimum Gasteiger partial charge on any atom is -0.379 e. The van der Waals surface area contributed by atoms with E-state index in [1.165, 1.54) is 0 Å². The Morgan fingerprint density at radius 2 is 1.85 bits per heavy atom. The van der Waals surface area contributed by atoms with E-state index in [2.05, 4.69) is 39.3 Å². The molecule has 0 radical (unpaired) electrons. The van der Waals surface area contributed by atoms with Gasteiger partial charge in [0.1, 0.15) is 17.5 Å². The number of rotatable bonds is 7. The Labute approximate surface area is 120 Å². The van der Waals surface area contributed by atoms with Gasteiger partial charge in [-0.05, 0) is 6.92 Å². The molecular formula is C14H25N5O. The van der Waals surface area contributed by atoms with Crippen LogP contribution in [-0.2, 0) is 11.2 Å². The van der Waals surface area contributed by atoms with Crippen molar-refractivity contribution >= 4 is 11.6 Å². The maximum absolute atomic E-state index is 5.35. The van der Waals surface area contributed by atoms with Gasteiger partial charge in [0.2, 0.25) is 0 Å². The van der Waals surface area contributed by atoms with Gasteiger partial charge in [-0.1, -0.05) is 6.92 Å². The third-order valence-corrected chi connectivity index (χ3v) is 3.28. The van der Waals surface area contributed by atoms with Gasteiger partial charge >= 0.3 is 0 Å². The van der Waals surface area contributed by atoms with Gasteiger partial charge in [-0.15, -0.1) is 0 Å². The van der Waals surface area contributed by atoms with E-state index in [-0.39, 0.29) is 0 Å². The molecule has 1 saturated heterocycles. The molecule has 0 atom stereocenters. The molecule has 2 rings (SSSR count). The molecule has 0 aliphatic carbocycles. The first-order valence-corrected chi connectivity index (χ1v) is 7.47. The van der Waals surface area contributed by atoms with Crippen molar-refractivity contribution in [1.82, 2.24) is 14.9 Å². The second-order valence-electron chi connectivity index (χ2n) is 4.82. The Morgan fingerprint density at radius 1 is 1.15 bits per heavy atom. The highest BCUT2D eigenvalue weighted by Crippen LogP contribution is 2.11. The molecule has 1 aliphatic heterocycles. The average molecular weight is 279 g/mol. The number of anilines is 2. The lowest BCUT2D eigenvalue weighted by Gasteiger charge is -2.26. The molecule has 1 aliphatic rings. The lowest BCUT2D eigenvalue weighted by atomic mass is 10.4. The zero-order valence-electron chi connectivity index (χ0n) is 12.5. The number of aromatic nitrogens is 2. The topological polar surface area (TPSA) is 62.3 Å². The van der Waals surface area contributed by atoms with E-state index in [4.69, 9.17) is 4.74 Å². The third kappa shape index (κ3) is 4.61. The number of hydrogen-bond acceptors (Lipinski definition) is 6. The number of morpholine rings is 1. The Kier molecular flexibility index (Phi) is 6.01. The minimum atomic E-state index is 0.845. The van der Waals surface area contributed by atoms with E-state index >= 15 is 0 Å². The van der Waals surface area contributed by atoms with E-state index < -0.39 is 0 Å². The van der Waals surface area contributed by atoms with Crippen LogP contribution >= 0.6 is 0 Å². The predicted molar refractivity (Wildman–Crippen MR) is 81.3 cm³/mol. The molecule has 2 N–H and O–H groups in total. The Bertz CT molecular complexity index is 407. The summed E-state index contributed by atoms with van der Waals surface area (Å²) in [6, 6.07) is 1.97. The molecule has 0 spiro atoms. The quantitative estimate of drug-likeness (QED) is 0.782. The van der Waals surface area contributed by atoms with E-state index in [1.54, 1.807) is 0 Å². The fraction of sp³-hybridized carbons (Fsp3) is 0.714. The van der Waals surface area contributed by atoms with Gasteiger partial charge < -0.3 is 15.4 Å². The van der Waals surface area contributed by atoms with E-state index in [1.807, 2.05) is 6.07 Å². The first-order chi connectivity index (χ1) is 9.81. The predicted octanol–water partition coefficient (Wildman–Crippen LogP) is 1.21. The summed E-state index contributed by atoms with van der Waals surface area (Å²) >= 11 is 0. The third-order valence-electron chi connectivity index (χ3n) is 3.28. The minimum absolute atomic E-state index is 0.845. The van der Waals surface area contributed by atoms with Crippen molar-refractivity contribution < 1.29 is 4.74 Å². The van der Waals surface area contributed by atoms with Crippen molar-refractivity contribution in [3.63, 3.8) is 0 Å². The highest BCUT2D eigenvalue weighted by atomic mass is 16.5. The van der Waals surface area contributed by atoms with E-state index in [9.17, 15) is 0 Å². The molecule has 1 aromatic rings. The van der Waals surface area contributed by atoms with Crippen LogP contribution in [0.1, 0.15) is 19.7 Å². The highest BCUT2D eigenvalue weighted by Gasteiger charge is 2.09. The molecule has 6 nitrogen and oxygen atoms in total. The second-order valence-corrected chi connectivity index (χ2v) is 4.82. The van der Waals surface area contributed by atoms with Crippen molar-refractivity contribution in [2.75, 3.05) is 56.6 Å². The van der Waals surface area contributed by atoms with Crippen LogP contribution in [0.15, 0.2) is 6.07 Å². The molecule has 0 bridgehead atoms. The Morgan fingerprint density at radius 3 is 2.50 bits per heavy atom. The summed E-state index contributed by atoms with van der Waals surface area (Å²) in [6.45, 7) is 10.7. The average Bonchev–Trinajstić information content (AvgIpc) is 2.48. The van der Waals surface area contributed by atoms with Crippen LogP contribution in [0.5, 0.6) is 0 Å². The summed E-state index contributed by atoms with van der Waals surface area (Å²) in [5.74, 6) is 2.67. The van der Waals surface area contributed by atoms with Crippen LogP contribution in [0.25, 0.3) is 0 Å². The Balaban J connectivity index is 1.85. The zero-order chi connectivity index (χ0) is 14.2. The molecule has 0 unspecified atom stereocenters. The molecule has 0 aromatic carbocycles. The summed E-state index contributed by atoms with van der Waals surface area (Å²) in [5.41, 5.74) is 0. The van der Waals surface area contributed by atoms with Gasteiger partial charge in [-0.25, -0.2) is 9.97 Å². The van der Waals surface area contributed by atoms with Crippen molar-refractivity contribution in [1.29, 1.82) is 0 Å². The number of hydrogen-bond donors (Lipinski definition) is 2. The summed E-state index contributed by atoms with van der Waals surface area (Å²) in [4.78, 5) is 11.4. The molecule has 1 fully saturated rings. The molecule has 6 heteroatoms. The van der Waals surface area contributed by atoms with E-state index in [0.717, 1.165) is 69.8 Å². The van der Waals surface area contributed by atoms with Gasteiger partial charge in [0.05, 0.1) is 13.2 Å². The van der Waals surface area contributed by atoms with Crippen LogP contribution in [0, 0.1) is 0 Å². The van der Waals surface area contributed by atoms with Gasteiger partial charge in [-0.3, -0.25) is 4.90 Å². The molecule has 2 heterocycles. The first kappa shape index (κ1) is 15.0. The maximum atomic E-state index is 5.35. The fourth-order valence-electron chi connectivity index (χ4n) is 2.18. The van der Waals surface area contributed by atoms with E-state index in [0.29, 0.717) is 0 Å². The zero-order valence-corrected chi connectivity index (χ0v) is 12.5. The van der Waals surface area contributed by atoms with Gasteiger partial charge in [0.25, 0.3) is 0 Å². The van der Waals surface area contributed by atoms with Gasteiger partial charge in [-0.2, -0.15) is 0 Å². The maximum Gasteiger partial charge on any atom is 0.132 e. The van der Waals surface area contributed by atoms with Gasteiger partial charge in [0.15, 0.2) is 0 Å². The highest BCUT2D eigenvalue weighted by molar-refractivity contribution is 5.47. The van der Waals surface area contributed by atoms with Crippen molar-refractivity contribution in [3.05, 3.63) is 11.9 Å². The number of aryl methyl sites for hydroxylation is 1. The van der Waals surface area contributed by atoms with Crippen molar-refractivity contribution in [2.24, 2.45) is 0 Å². The molecule has 0 amide bonds. The largest absolute Gasteiger partial charge is 0.379 e. The van der Waals surface area contributed by atoms with Crippen molar-refractivity contribution in [2.45, 2.75) is 20.3 Å². The molecule has 20 heavy (non-hydrogen) atoms. The molecule has 112 valence electrons. The standard InChI is InChI=1S/C14H25N5O/c1-3-12-17-13(15-4-2)11-14(18-12)16-5-6-19-7-9-20-10-8-19/h11H,3-10H2,1-2H3,(H2,15,16,17,18). The van der Waals surface area contributed by atoms with Crippen LogP contribution in [0.4, 0.5) is 11.6 Å². The lowest BCUT2D eigenvalue weighted by molar-refractivity contribution is 0.0398. The molecular weight excluding hydrogens is 254 g/mol. The number of nitrogens with zero attached hydrogens (tertiary/aromatic N) is 3. The van der Waals surface area contributed by atoms with Crippen LogP contribution < -0.4 is 10.6 Å². The molecule has 0 saturated carbocycles. The van der Waals surface area contributed by atoms with Crippen LogP contribution in [0.3, 0.4) is 0 Å². The van der Waals surface area contributed by atoms with Crippen LogP contribution in [0.2, 0.25) is 0 Å². The SMILES string of the molecule is CCNc1cc(NCCN2CCOCC2)nc(CC)n1. The molecule has 1 aromatic heterocycles. The first-order valence-electron chi connectivity index (χ1n) is 7.47. The summed E-state index contributed by atoms with van der Waals surface area (Å²) in [5, 5.41) is 6.64. The summed E-state index contributed by atoms with van der Waals surface area (Å²) in [6.07, 6.45) is 0.845. The monoisotopic (exact) mass is 279 g/mol. The smallest absolute Gasteiger partial charge is 0.132 e.